The maximum atomic E-state index is 12.9. The van der Waals surface area contributed by atoms with Gasteiger partial charge in [0, 0.05) is 0 Å². The Kier molecular flexibility index (Phi) is 5.31. The Morgan fingerprint density at radius 3 is 1.80 bits per heavy atom. The fourth-order valence-electron chi connectivity index (χ4n) is 2.32. The number of nitrogens with one attached hydrogen (secondary N) is 1. The van der Waals surface area contributed by atoms with E-state index < -0.39 is 36.1 Å². The van der Waals surface area contributed by atoms with E-state index in [-0.39, 0.29) is 9.79 Å². The molecule has 2 N–H and O–H groups in total. The van der Waals surface area contributed by atoms with E-state index in [9.17, 15) is 21.6 Å². The van der Waals surface area contributed by atoms with Gasteiger partial charge in [-0.3, -0.25) is 10.0 Å². The van der Waals surface area contributed by atoms with Gasteiger partial charge in [0.15, 0.2) is 24.4 Å². The van der Waals surface area contributed by atoms with Crippen LogP contribution in [0.3, 0.4) is 0 Å². The van der Waals surface area contributed by atoms with Gasteiger partial charge in [0.2, 0.25) is 0 Å². The summed E-state index contributed by atoms with van der Waals surface area (Å²) in [5.74, 6) is -2.34. The Labute approximate surface area is 146 Å². The second-order valence-corrected chi connectivity index (χ2v) is 9.93. The maximum Gasteiger partial charge on any atom is 0.265 e. The molecule has 1 amide bonds. The van der Waals surface area contributed by atoms with E-state index in [1.165, 1.54) is 54.0 Å². The van der Waals surface area contributed by atoms with Crippen molar-refractivity contribution in [1.29, 1.82) is 0 Å². The van der Waals surface area contributed by atoms with Crippen LogP contribution < -0.4 is 5.48 Å². The average molecular weight is 383 g/mol. The van der Waals surface area contributed by atoms with Crippen LogP contribution in [0.4, 0.5) is 0 Å². The Morgan fingerprint density at radius 1 is 0.920 bits per heavy atom. The van der Waals surface area contributed by atoms with Crippen molar-refractivity contribution in [3.05, 3.63) is 60.7 Å². The highest BCUT2D eigenvalue weighted by molar-refractivity contribution is 7.96. The molecule has 9 heteroatoms. The van der Waals surface area contributed by atoms with Gasteiger partial charge in [-0.2, -0.15) is 0 Å². The van der Waals surface area contributed by atoms with Crippen LogP contribution >= 0.6 is 0 Å². The van der Waals surface area contributed by atoms with E-state index in [0.29, 0.717) is 0 Å². The first-order valence-electron chi connectivity index (χ1n) is 7.17. The fourth-order valence-corrected chi connectivity index (χ4v) is 6.32. The molecule has 0 aliphatic carbocycles. The number of carbonyl (C=O) groups excluding carboxylic acids is 1. The summed E-state index contributed by atoms with van der Waals surface area (Å²) >= 11 is 0. The Balaban J connectivity index is 2.59. The molecule has 25 heavy (non-hydrogen) atoms. The lowest BCUT2D eigenvalue weighted by atomic mass is 10.2. The third-order valence-corrected chi connectivity index (χ3v) is 8.34. The number of hydrogen-bond donors (Lipinski definition) is 2. The highest BCUT2D eigenvalue weighted by Crippen LogP contribution is 2.29. The van der Waals surface area contributed by atoms with E-state index in [4.69, 9.17) is 5.21 Å². The summed E-state index contributed by atoms with van der Waals surface area (Å²) in [7, 11) is -8.52. The van der Waals surface area contributed by atoms with Crippen LogP contribution in [0.1, 0.15) is 6.92 Å². The highest BCUT2D eigenvalue weighted by atomic mass is 32.2. The molecular weight excluding hydrogens is 366 g/mol. The van der Waals surface area contributed by atoms with Gasteiger partial charge >= 0.3 is 0 Å². The van der Waals surface area contributed by atoms with Crippen LogP contribution in [0.5, 0.6) is 0 Å². The average Bonchev–Trinajstić information content (AvgIpc) is 2.61. The normalized spacial score (nSPS) is 14.5. The largest absolute Gasteiger partial charge is 0.289 e. The maximum absolute atomic E-state index is 12.9. The lowest BCUT2D eigenvalue weighted by Crippen LogP contribution is -2.53. The van der Waals surface area contributed by atoms with Crippen molar-refractivity contribution < 1.29 is 26.8 Å². The number of hydrogen-bond acceptors (Lipinski definition) is 6. The van der Waals surface area contributed by atoms with Crippen LogP contribution in [0.25, 0.3) is 0 Å². The first-order valence-corrected chi connectivity index (χ1v) is 10.3. The number of hydroxylamine groups is 1. The predicted molar refractivity (Wildman–Crippen MR) is 90.5 cm³/mol. The zero-order valence-corrected chi connectivity index (χ0v) is 14.9. The van der Waals surface area contributed by atoms with E-state index in [1.54, 1.807) is 12.1 Å². The summed E-state index contributed by atoms with van der Waals surface area (Å²) in [6, 6.07) is 14.2. The molecular formula is C16H17NO6S2. The Bertz CT molecular complexity index is 956. The molecule has 0 fully saturated rings. The van der Waals surface area contributed by atoms with Gasteiger partial charge < -0.3 is 0 Å². The van der Waals surface area contributed by atoms with Gasteiger partial charge in [0.05, 0.1) is 15.5 Å². The lowest BCUT2D eigenvalue weighted by molar-refractivity contribution is -0.131. The first kappa shape index (κ1) is 19.1. The topological polar surface area (TPSA) is 118 Å². The van der Waals surface area contributed by atoms with E-state index in [1.807, 2.05) is 0 Å². The van der Waals surface area contributed by atoms with Crippen molar-refractivity contribution >= 4 is 25.6 Å². The number of carbonyl (C=O) groups is 1. The van der Waals surface area contributed by atoms with Crippen molar-refractivity contribution in [2.75, 3.05) is 5.75 Å². The molecule has 0 aromatic heterocycles. The zero-order valence-electron chi connectivity index (χ0n) is 13.3. The quantitative estimate of drug-likeness (QED) is 0.572. The molecule has 2 aromatic carbocycles. The van der Waals surface area contributed by atoms with Crippen molar-refractivity contribution in [3.63, 3.8) is 0 Å². The van der Waals surface area contributed by atoms with Gasteiger partial charge in [0.1, 0.15) is 0 Å². The molecule has 1 unspecified atom stereocenters. The lowest BCUT2D eigenvalue weighted by Gasteiger charge is -2.26. The highest BCUT2D eigenvalue weighted by Gasteiger charge is 2.50. The van der Waals surface area contributed by atoms with Gasteiger partial charge in [-0.05, 0) is 31.2 Å². The summed E-state index contributed by atoms with van der Waals surface area (Å²) in [6.45, 7) is 0.974. The zero-order chi connectivity index (χ0) is 18.7. The minimum absolute atomic E-state index is 0.116. The van der Waals surface area contributed by atoms with Crippen molar-refractivity contribution in [2.45, 2.75) is 21.5 Å². The molecule has 2 rings (SSSR count). The molecule has 2 aromatic rings. The van der Waals surface area contributed by atoms with Crippen molar-refractivity contribution in [2.24, 2.45) is 0 Å². The second-order valence-electron chi connectivity index (χ2n) is 5.56. The van der Waals surface area contributed by atoms with Crippen LogP contribution in [-0.2, 0) is 24.5 Å². The molecule has 1 atom stereocenters. The first-order chi connectivity index (χ1) is 11.6. The summed E-state index contributed by atoms with van der Waals surface area (Å²) in [6.07, 6.45) is 0. The monoisotopic (exact) mass is 383 g/mol. The minimum Gasteiger partial charge on any atom is -0.289 e. The van der Waals surface area contributed by atoms with Crippen LogP contribution in [0, 0.1) is 0 Å². The Hall–Kier alpha value is -2.23. The molecule has 7 nitrogen and oxygen atoms in total. The van der Waals surface area contributed by atoms with E-state index >= 15 is 0 Å². The van der Waals surface area contributed by atoms with Crippen LogP contribution in [-0.4, -0.2) is 38.4 Å². The van der Waals surface area contributed by atoms with Crippen molar-refractivity contribution in [1.82, 2.24) is 5.48 Å². The molecule has 0 bridgehead atoms. The Morgan fingerprint density at radius 2 is 1.36 bits per heavy atom. The van der Waals surface area contributed by atoms with Crippen molar-refractivity contribution in [3.8, 4) is 0 Å². The number of benzene rings is 2. The molecule has 0 aliphatic heterocycles. The van der Waals surface area contributed by atoms with Gasteiger partial charge in [-0.1, -0.05) is 36.4 Å². The molecule has 0 radical (unpaired) electrons. The second kappa shape index (κ2) is 6.95. The molecule has 0 aliphatic rings. The minimum atomic E-state index is -4.40. The van der Waals surface area contributed by atoms with Crippen LogP contribution in [0.2, 0.25) is 0 Å². The number of amides is 1. The molecule has 134 valence electrons. The fraction of sp³-hybridized carbons (Fsp3) is 0.188. The molecule has 0 saturated carbocycles. The van der Waals surface area contributed by atoms with E-state index in [0.717, 1.165) is 6.92 Å². The molecule has 0 saturated heterocycles. The molecule has 0 spiro atoms. The third kappa shape index (κ3) is 3.58. The van der Waals surface area contributed by atoms with Gasteiger partial charge in [0.25, 0.3) is 5.91 Å². The smallest absolute Gasteiger partial charge is 0.265 e. The van der Waals surface area contributed by atoms with E-state index in [2.05, 4.69) is 0 Å². The standard InChI is InChI=1S/C16H17NO6S2/c1-16(15(18)17-19,25(22,23)14-10-6-3-7-11-14)12-24(20,21)13-8-4-2-5-9-13/h2-11,19H,12H2,1H3,(H,17,18). The van der Waals surface area contributed by atoms with Gasteiger partial charge in [-0.25, -0.2) is 22.3 Å². The molecule has 0 heterocycles. The number of rotatable bonds is 6. The van der Waals surface area contributed by atoms with Gasteiger partial charge in [-0.15, -0.1) is 0 Å². The summed E-state index contributed by atoms with van der Waals surface area (Å²) in [5, 5.41) is 8.99. The summed E-state index contributed by atoms with van der Waals surface area (Å²) < 4.78 is 48.7. The summed E-state index contributed by atoms with van der Waals surface area (Å²) in [5.41, 5.74) is 1.27. The third-order valence-electron chi connectivity index (χ3n) is 3.80. The summed E-state index contributed by atoms with van der Waals surface area (Å²) in [4.78, 5) is 11.8. The number of sulfone groups is 2. The van der Waals surface area contributed by atoms with Crippen LogP contribution in [0.15, 0.2) is 70.5 Å². The SMILES string of the molecule is CC(CS(=O)(=O)c1ccccc1)(C(=O)NO)S(=O)(=O)c1ccccc1. The predicted octanol–water partition coefficient (Wildman–Crippen LogP) is 1.20.